The minimum atomic E-state index is -0.570. The molecule has 0 radical (unpaired) electrons. The van der Waals surface area contributed by atoms with Gasteiger partial charge in [-0.1, -0.05) is 0 Å². The summed E-state index contributed by atoms with van der Waals surface area (Å²) in [4.78, 5) is 25.1. The fraction of sp³-hybridized carbons (Fsp3) is 0.333. The van der Waals surface area contributed by atoms with E-state index < -0.39 is 29.8 Å². The Morgan fingerprint density at radius 2 is 1.83 bits per heavy atom. The Bertz CT molecular complexity index is 526. The summed E-state index contributed by atoms with van der Waals surface area (Å²) >= 11 is 3.03. The third-order valence-electron chi connectivity index (χ3n) is 3.17. The number of carbonyl (C=O) groups excluding carboxylic acids is 2. The van der Waals surface area contributed by atoms with Gasteiger partial charge in [0.1, 0.15) is 18.0 Å². The predicted octanol–water partition coefficient (Wildman–Crippen LogP) is 2.01. The number of fused-ring (bicyclic) bond motifs is 2. The molecule has 4 nitrogen and oxygen atoms in total. The van der Waals surface area contributed by atoms with Gasteiger partial charge in [-0.05, 0) is 47.0 Å². The van der Waals surface area contributed by atoms with Crippen LogP contribution in [-0.4, -0.2) is 24.0 Å². The Balaban J connectivity index is 2.02. The standard InChI is InChI=1S/C12H9BrFNO3/c13-7-2-1-6(5-8(7)14)15-11(16)9-3-4-10(18-9)12(15)17/h1-2,5,9-10H,3-4H2. The lowest BCUT2D eigenvalue weighted by molar-refractivity contribution is -0.146. The lowest BCUT2D eigenvalue weighted by atomic mass is 10.2. The average molecular weight is 314 g/mol. The molecule has 2 atom stereocenters. The summed E-state index contributed by atoms with van der Waals surface area (Å²) in [6.07, 6.45) is -0.0472. The van der Waals surface area contributed by atoms with Crippen LogP contribution < -0.4 is 4.90 Å². The molecule has 2 aliphatic heterocycles. The Hall–Kier alpha value is -1.27. The van der Waals surface area contributed by atoms with Crippen LogP contribution in [0.25, 0.3) is 0 Å². The minimum absolute atomic E-state index is 0.255. The average Bonchev–Trinajstić information content (AvgIpc) is 2.78. The van der Waals surface area contributed by atoms with E-state index in [1.807, 2.05) is 0 Å². The van der Waals surface area contributed by atoms with E-state index in [0.29, 0.717) is 17.3 Å². The number of amides is 2. The van der Waals surface area contributed by atoms with E-state index in [4.69, 9.17) is 4.74 Å². The van der Waals surface area contributed by atoms with Gasteiger partial charge in [0, 0.05) is 0 Å². The normalized spacial score (nSPS) is 26.9. The third kappa shape index (κ3) is 1.67. The molecule has 0 aliphatic carbocycles. The molecule has 2 amide bonds. The van der Waals surface area contributed by atoms with Crippen LogP contribution >= 0.6 is 15.9 Å². The van der Waals surface area contributed by atoms with Gasteiger partial charge in [0.15, 0.2) is 0 Å². The second-order valence-corrected chi connectivity index (χ2v) is 5.16. The first-order valence-corrected chi connectivity index (χ1v) is 6.35. The molecule has 2 saturated heterocycles. The van der Waals surface area contributed by atoms with Crippen molar-refractivity contribution in [3.63, 3.8) is 0 Å². The van der Waals surface area contributed by atoms with Crippen LogP contribution in [0.4, 0.5) is 10.1 Å². The molecule has 2 unspecified atom stereocenters. The molecule has 94 valence electrons. The summed E-state index contributed by atoms with van der Waals surface area (Å²) in [5, 5.41) is 0. The van der Waals surface area contributed by atoms with E-state index in [0.717, 1.165) is 4.90 Å². The van der Waals surface area contributed by atoms with Crippen LogP contribution in [0.15, 0.2) is 22.7 Å². The highest BCUT2D eigenvalue weighted by Gasteiger charge is 2.47. The quantitative estimate of drug-likeness (QED) is 0.745. The van der Waals surface area contributed by atoms with Crippen LogP contribution in [0.5, 0.6) is 0 Å². The molecule has 0 N–H and O–H groups in total. The van der Waals surface area contributed by atoms with Gasteiger partial charge in [-0.3, -0.25) is 9.59 Å². The molecule has 1 aromatic carbocycles. The Labute approximate surface area is 111 Å². The molecule has 2 bridgehead atoms. The summed E-state index contributed by atoms with van der Waals surface area (Å²) < 4.78 is 19.0. The van der Waals surface area contributed by atoms with Gasteiger partial charge in [-0.2, -0.15) is 0 Å². The monoisotopic (exact) mass is 313 g/mol. The molecule has 2 aliphatic rings. The van der Waals surface area contributed by atoms with Crippen molar-refractivity contribution >= 4 is 33.4 Å². The minimum Gasteiger partial charge on any atom is -0.355 e. The van der Waals surface area contributed by atoms with Crippen LogP contribution in [0, 0.1) is 5.82 Å². The van der Waals surface area contributed by atoms with Crippen molar-refractivity contribution in [2.45, 2.75) is 25.0 Å². The van der Waals surface area contributed by atoms with E-state index >= 15 is 0 Å². The first-order valence-electron chi connectivity index (χ1n) is 5.56. The molecular weight excluding hydrogens is 305 g/mol. The first kappa shape index (κ1) is 11.8. The van der Waals surface area contributed by atoms with Crippen molar-refractivity contribution in [3.8, 4) is 0 Å². The summed E-state index contributed by atoms with van der Waals surface area (Å²) in [6.45, 7) is 0. The molecular formula is C12H9BrFNO3. The van der Waals surface area contributed by atoms with E-state index in [-0.39, 0.29) is 5.69 Å². The van der Waals surface area contributed by atoms with Crippen molar-refractivity contribution in [1.82, 2.24) is 0 Å². The molecule has 0 aromatic heterocycles. The number of morpholine rings is 1. The smallest absolute Gasteiger partial charge is 0.262 e. The molecule has 2 fully saturated rings. The van der Waals surface area contributed by atoms with Crippen LogP contribution in [0.2, 0.25) is 0 Å². The van der Waals surface area contributed by atoms with E-state index in [1.165, 1.54) is 18.2 Å². The number of rotatable bonds is 1. The summed E-state index contributed by atoms with van der Waals surface area (Å²) in [5.41, 5.74) is 0.255. The molecule has 1 aromatic rings. The first-order chi connectivity index (χ1) is 8.58. The van der Waals surface area contributed by atoms with Crippen molar-refractivity contribution in [2.75, 3.05) is 4.90 Å². The van der Waals surface area contributed by atoms with Gasteiger partial charge in [0.05, 0.1) is 10.2 Å². The Kier molecular flexibility index (Phi) is 2.71. The van der Waals surface area contributed by atoms with Crippen molar-refractivity contribution < 1.29 is 18.7 Å². The number of hydrogen-bond donors (Lipinski definition) is 0. The zero-order valence-electron chi connectivity index (χ0n) is 9.23. The number of carbonyl (C=O) groups is 2. The third-order valence-corrected chi connectivity index (χ3v) is 3.82. The molecule has 2 heterocycles. The van der Waals surface area contributed by atoms with Crippen LogP contribution in [0.3, 0.4) is 0 Å². The summed E-state index contributed by atoms with van der Waals surface area (Å²) in [5.74, 6) is -1.32. The topological polar surface area (TPSA) is 46.6 Å². The number of halogens is 2. The maximum Gasteiger partial charge on any atom is 0.262 e. The van der Waals surface area contributed by atoms with Gasteiger partial charge in [-0.15, -0.1) is 0 Å². The SMILES string of the molecule is O=C1C2CCC(O2)C(=O)N1c1ccc(Br)c(F)c1. The van der Waals surface area contributed by atoms with Gasteiger partial charge in [-0.25, -0.2) is 9.29 Å². The molecule has 6 heteroatoms. The number of imide groups is 1. The summed E-state index contributed by atoms with van der Waals surface area (Å²) in [7, 11) is 0. The molecule has 3 rings (SSSR count). The number of nitrogens with zero attached hydrogens (tertiary/aromatic N) is 1. The van der Waals surface area contributed by atoms with Gasteiger partial charge in [0.25, 0.3) is 11.8 Å². The number of anilines is 1. The number of benzene rings is 1. The Morgan fingerprint density at radius 1 is 1.22 bits per heavy atom. The highest BCUT2D eigenvalue weighted by atomic mass is 79.9. The van der Waals surface area contributed by atoms with Crippen molar-refractivity contribution in [1.29, 1.82) is 0 Å². The zero-order valence-corrected chi connectivity index (χ0v) is 10.8. The molecule has 0 saturated carbocycles. The highest BCUT2D eigenvalue weighted by Crippen LogP contribution is 2.32. The van der Waals surface area contributed by atoms with E-state index in [2.05, 4.69) is 15.9 Å². The van der Waals surface area contributed by atoms with Gasteiger partial charge in [0.2, 0.25) is 0 Å². The van der Waals surface area contributed by atoms with Gasteiger partial charge < -0.3 is 4.74 Å². The predicted molar refractivity (Wildman–Crippen MR) is 64.5 cm³/mol. The zero-order chi connectivity index (χ0) is 12.9. The van der Waals surface area contributed by atoms with E-state index in [9.17, 15) is 14.0 Å². The van der Waals surface area contributed by atoms with Crippen LogP contribution in [-0.2, 0) is 14.3 Å². The van der Waals surface area contributed by atoms with Crippen molar-refractivity contribution in [2.24, 2.45) is 0 Å². The Morgan fingerprint density at radius 3 is 2.39 bits per heavy atom. The number of ether oxygens (including phenoxy) is 1. The van der Waals surface area contributed by atoms with Crippen LogP contribution in [0.1, 0.15) is 12.8 Å². The fourth-order valence-electron chi connectivity index (χ4n) is 2.28. The van der Waals surface area contributed by atoms with Crippen molar-refractivity contribution in [3.05, 3.63) is 28.5 Å². The second kappa shape index (κ2) is 4.13. The molecule has 0 spiro atoms. The van der Waals surface area contributed by atoms with Gasteiger partial charge >= 0.3 is 0 Å². The number of hydrogen-bond acceptors (Lipinski definition) is 3. The fourth-order valence-corrected chi connectivity index (χ4v) is 2.52. The second-order valence-electron chi connectivity index (χ2n) is 4.30. The van der Waals surface area contributed by atoms with E-state index in [1.54, 1.807) is 0 Å². The lowest BCUT2D eigenvalue weighted by Gasteiger charge is -2.29. The summed E-state index contributed by atoms with van der Waals surface area (Å²) in [6, 6.07) is 4.18. The lowest BCUT2D eigenvalue weighted by Crippen LogP contribution is -2.52. The maximum absolute atomic E-state index is 13.5. The maximum atomic E-state index is 13.5. The largest absolute Gasteiger partial charge is 0.355 e. The highest BCUT2D eigenvalue weighted by molar-refractivity contribution is 9.10. The molecule has 18 heavy (non-hydrogen) atoms.